The summed E-state index contributed by atoms with van der Waals surface area (Å²) < 4.78 is 43.5. The first-order chi connectivity index (χ1) is 24.4. The Morgan fingerprint density at radius 2 is 1.02 bits per heavy atom. The van der Waals surface area contributed by atoms with Crippen molar-refractivity contribution in [3.8, 4) is 0 Å². The summed E-state index contributed by atoms with van der Waals surface area (Å²) >= 11 is 1.87. The summed E-state index contributed by atoms with van der Waals surface area (Å²) in [4.78, 5) is 47.4. The molecule has 0 aromatic carbocycles. The third-order valence-electron chi connectivity index (χ3n) is 7.58. The quantitative estimate of drug-likeness (QED) is 0.0519. The van der Waals surface area contributed by atoms with E-state index in [1.807, 2.05) is 11.8 Å². The maximum absolute atomic E-state index is 13.1. The average Bonchev–Trinajstić information content (AvgIpc) is 3.64. The molecule has 2 heterocycles. The summed E-state index contributed by atoms with van der Waals surface area (Å²) in [6.07, 6.45) is 2.98. The van der Waals surface area contributed by atoms with Gasteiger partial charge in [0.25, 0.3) is 0 Å². The van der Waals surface area contributed by atoms with Crippen LogP contribution in [0.1, 0.15) is 38.5 Å². The van der Waals surface area contributed by atoms with Gasteiger partial charge in [0.1, 0.15) is 0 Å². The van der Waals surface area contributed by atoms with Crippen LogP contribution in [0.2, 0.25) is 0 Å². The number of unbranched alkanes of at least 4 members (excludes halogenated alkanes) is 1. The van der Waals surface area contributed by atoms with Gasteiger partial charge >= 0.3 is 18.0 Å². The molecule has 2 aliphatic heterocycles. The molecule has 3 amide bonds. The van der Waals surface area contributed by atoms with Crippen molar-refractivity contribution in [2.45, 2.75) is 55.9 Å². The van der Waals surface area contributed by atoms with Gasteiger partial charge < -0.3 is 63.6 Å². The fourth-order valence-corrected chi connectivity index (χ4v) is 6.52. The molecule has 2 aliphatic rings. The molecule has 50 heavy (non-hydrogen) atoms. The number of urea groups is 1. The van der Waals surface area contributed by atoms with Gasteiger partial charge in [-0.3, -0.25) is 14.4 Å². The number of nitrogens with zero attached hydrogens (tertiary/aromatic N) is 1. The monoisotopic (exact) mass is 739 g/mol. The Bertz CT molecular complexity index is 895. The molecule has 17 nitrogen and oxygen atoms in total. The van der Waals surface area contributed by atoms with Crippen molar-refractivity contribution >= 4 is 35.6 Å². The van der Waals surface area contributed by atoms with Crippen LogP contribution in [-0.4, -0.2) is 181 Å². The first-order valence-corrected chi connectivity index (χ1v) is 18.4. The third-order valence-corrected chi connectivity index (χ3v) is 9.09. The zero-order valence-electron chi connectivity index (χ0n) is 29.1. The number of fused-ring (bicyclic) bond motifs is 1. The summed E-state index contributed by atoms with van der Waals surface area (Å²) in [6, 6.07) is 0.262. The van der Waals surface area contributed by atoms with Gasteiger partial charge in [0, 0.05) is 30.5 Å². The van der Waals surface area contributed by atoms with Crippen molar-refractivity contribution in [1.29, 1.82) is 0 Å². The topological polar surface area (TPSA) is 210 Å². The standard InChI is InChI=1S/C32H57N3O14S/c36-28(4-2-1-3-27-31-26(25-50-27)33-32(41)34-31)35(7-11-44-15-19-48-23-21-46-17-13-42-9-5-29(37)38)8-12-45-16-20-49-24-22-47-18-14-43-10-6-30(39)40/h26-27,31H,1-25H2,(H,37,38)(H,39,40)(H2,33,34,41)/t26-,27-,31-/m0/s1. The molecule has 0 radical (unpaired) electrons. The molecule has 290 valence electrons. The van der Waals surface area contributed by atoms with Gasteiger partial charge in [-0.05, 0) is 12.8 Å². The lowest BCUT2D eigenvalue weighted by atomic mass is 10.0. The van der Waals surface area contributed by atoms with Gasteiger partial charge in [0.05, 0.1) is 131 Å². The van der Waals surface area contributed by atoms with Crippen molar-refractivity contribution in [3.63, 3.8) is 0 Å². The van der Waals surface area contributed by atoms with Crippen LogP contribution in [0.15, 0.2) is 0 Å². The fourth-order valence-electron chi connectivity index (χ4n) is 4.98. The minimum absolute atomic E-state index is 0.0309. The van der Waals surface area contributed by atoms with Gasteiger partial charge in [0.15, 0.2) is 0 Å². The maximum Gasteiger partial charge on any atom is 0.315 e. The number of rotatable bonds is 35. The molecule has 0 aliphatic carbocycles. The lowest BCUT2D eigenvalue weighted by molar-refractivity contribution is -0.139. The van der Waals surface area contributed by atoms with Crippen LogP contribution in [0.3, 0.4) is 0 Å². The Balaban J connectivity index is 1.54. The Labute approximate surface area is 298 Å². The van der Waals surface area contributed by atoms with E-state index in [0.717, 1.165) is 25.0 Å². The number of thioether (sulfide) groups is 1. The molecule has 0 unspecified atom stereocenters. The van der Waals surface area contributed by atoms with Gasteiger partial charge in [-0.2, -0.15) is 11.8 Å². The number of carbonyl (C=O) groups is 4. The van der Waals surface area contributed by atoms with E-state index in [9.17, 15) is 19.2 Å². The number of ether oxygens (including phenoxy) is 8. The van der Waals surface area contributed by atoms with Crippen LogP contribution in [-0.2, 0) is 52.3 Å². The van der Waals surface area contributed by atoms with Crippen molar-refractivity contribution in [2.75, 3.05) is 125 Å². The second-order valence-corrected chi connectivity index (χ2v) is 12.7. The third kappa shape index (κ3) is 22.5. The Morgan fingerprint density at radius 3 is 1.46 bits per heavy atom. The maximum atomic E-state index is 13.1. The van der Waals surface area contributed by atoms with E-state index in [-0.39, 0.29) is 50.1 Å². The Hall–Kier alpha value is -2.29. The number of aliphatic carboxylic acids is 2. The van der Waals surface area contributed by atoms with Gasteiger partial charge in [-0.25, -0.2) is 4.79 Å². The normalized spacial score (nSPS) is 18.2. The summed E-state index contributed by atoms with van der Waals surface area (Å²) in [6.45, 7) is 6.39. The van der Waals surface area contributed by atoms with Crippen LogP contribution in [0.25, 0.3) is 0 Å². The molecule has 2 fully saturated rings. The van der Waals surface area contributed by atoms with Crippen molar-refractivity contribution < 1.29 is 67.3 Å². The minimum Gasteiger partial charge on any atom is -0.481 e. The van der Waals surface area contributed by atoms with Crippen molar-refractivity contribution in [1.82, 2.24) is 15.5 Å². The highest BCUT2D eigenvalue weighted by Crippen LogP contribution is 2.33. The second kappa shape index (κ2) is 29.3. The zero-order chi connectivity index (χ0) is 36.1. The van der Waals surface area contributed by atoms with E-state index < -0.39 is 11.9 Å². The van der Waals surface area contributed by atoms with E-state index in [1.165, 1.54) is 0 Å². The zero-order valence-corrected chi connectivity index (χ0v) is 29.9. The van der Waals surface area contributed by atoms with Crippen LogP contribution in [0.4, 0.5) is 4.79 Å². The molecule has 2 saturated heterocycles. The van der Waals surface area contributed by atoms with E-state index in [0.29, 0.717) is 117 Å². The lowest BCUT2D eigenvalue weighted by Gasteiger charge is -2.23. The fraction of sp³-hybridized carbons (Fsp3) is 0.875. The summed E-state index contributed by atoms with van der Waals surface area (Å²) in [5.41, 5.74) is 0. The number of nitrogens with one attached hydrogen (secondary N) is 2. The van der Waals surface area contributed by atoms with Crippen LogP contribution in [0.5, 0.6) is 0 Å². The van der Waals surface area contributed by atoms with E-state index in [4.69, 9.17) is 48.1 Å². The molecule has 0 aromatic heterocycles. The molecule has 18 heteroatoms. The van der Waals surface area contributed by atoms with Gasteiger partial charge in [-0.15, -0.1) is 0 Å². The van der Waals surface area contributed by atoms with Crippen LogP contribution >= 0.6 is 11.8 Å². The molecular weight excluding hydrogens is 682 g/mol. The molecule has 2 rings (SSSR count). The molecule has 0 spiro atoms. The van der Waals surface area contributed by atoms with Crippen molar-refractivity contribution in [2.24, 2.45) is 0 Å². The first-order valence-electron chi connectivity index (χ1n) is 17.4. The predicted octanol–water partition coefficient (Wildman–Crippen LogP) is 0.623. The van der Waals surface area contributed by atoms with E-state index >= 15 is 0 Å². The summed E-state index contributed by atoms with van der Waals surface area (Å²) in [7, 11) is 0. The smallest absolute Gasteiger partial charge is 0.315 e. The second-order valence-electron chi connectivity index (χ2n) is 11.4. The molecular formula is C32H57N3O14S. The first kappa shape index (κ1) is 43.9. The van der Waals surface area contributed by atoms with Gasteiger partial charge in [-0.1, -0.05) is 6.42 Å². The minimum atomic E-state index is -0.896. The number of amides is 3. The summed E-state index contributed by atoms with van der Waals surface area (Å²) in [5.74, 6) is -0.830. The number of hydrogen-bond donors (Lipinski definition) is 4. The molecule has 3 atom stereocenters. The average molecular weight is 740 g/mol. The number of carbonyl (C=O) groups excluding carboxylic acids is 2. The highest BCUT2D eigenvalue weighted by atomic mass is 32.2. The van der Waals surface area contributed by atoms with E-state index in [2.05, 4.69) is 10.6 Å². The highest BCUT2D eigenvalue weighted by Gasteiger charge is 2.42. The predicted molar refractivity (Wildman–Crippen MR) is 182 cm³/mol. The Kier molecular flexibility index (Phi) is 25.7. The highest BCUT2D eigenvalue weighted by molar-refractivity contribution is 8.00. The Morgan fingerprint density at radius 1 is 0.600 bits per heavy atom. The lowest BCUT2D eigenvalue weighted by Crippen LogP contribution is -2.37. The largest absolute Gasteiger partial charge is 0.481 e. The number of hydrogen-bond acceptors (Lipinski definition) is 13. The number of carboxylic acids is 2. The SMILES string of the molecule is O=C(O)CCOCCOCCOCCOCCN(CCOCCOCCOCCOCCC(=O)O)C(=O)CCCC[C@@H]1SC[C@@H]2NC(=O)N[C@@H]21. The molecule has 4 N–H and O–H groups in total. The van der Waals surface area contributed by atoms with E-state index in [1.54, 1.807) is 4.90 Å². The van der Waals surface area contributed by atoms with Crippen LogP contribution in [0, 0.1) is 0 Å². The molecule has 0 saturated carbocycles. The summed E-state index contributed by atoms with van der Waals surface area (Å²) in [5, 5.41) is 23.5. The van der Waals surface area contributed by atoms with Crippen LogP contribution < -0.4 is 10.6 Å². The number of carboxylic acid groups (broad SMARTS) is 2. The van der Waals surface area contributed by atoms with Crippen molar-refractivity contribution in [3.05, 3.63) is 0 Å². The van der Waals surface area contributed by atoms with Gasteiger partial charge in [0.2, 0.25) is 5.91 Å². The molecule has 0 bridgehead atoms. The molecule has 0 aromatic rings.